The van der Waals surface area contributed by atoms with E-state index >= 15 is 0 Å². The van der Waals surface area contributed by atoms with Crippen molar-refractivity contribution in [2.24, 2.45) is 5.92 Å². The lowest BCUT2D eigenvalue weighted by atomic mass is 10.0. The Balaban J connectivity index is 2.17. The minimum atomic E-state index is -0.234. The second-order valence-electron chi connectivity index (χ2n) is 4.61. The van der Waals surface area contributed by atoms with Gasteiger partial charge in [0.2, 0.25) is 0 Å². The molecule has 2 rings (SSSR count). The minimum Gasteiger partial charge on any atom is -0.486 e. The summed E-state index contributed by atoms with van der Waals surface area (Å²) in [5.74, 6) is 2.15. The average molecular weight is 222 g/mol. The number of hydrogen-bond donors (Lipinski definition) is 1. The summed E-state index contributed by atoms with van der Waals surface area (Å²) in [6.07, 6.45) is 0.794. The zero-order valence-electron chi connectivity index (χ0n) is 9.77. The molecule has 0 saturated heterocycles. The predicted octanol–water partition coefficient (Wildman–Crippen LogP) is 2.02. The fraction of sp³-hybridized carbons (Fsp3) is 0.538. The van der Waals surface area contributed by atoms with Crippen LogP contribution in [0.5, 0.6) is 11.5 Å². The standard InChI is InChI=1S/C13H18O3/c1-9(2)5-10-3-4-12-13(6-10)16-11(7-14)8-15-12/h3-4,6,9,11,14H,5,7-8H2,1-2H3. The van der Waals surface area contributed by atoms with Gasteiger partial charge in [-0.15, -0.1) is 0 Å². The molecule has 1 N–H and O–H groups in total. The van der Waals surface area contributed by atoms with Crippen LogP contribution >= 0.6 is 0 Å². The Morgan fingerprint density at radius 1 is 1.38 bits per heavy atom. The molecule has 0 amide bonds. The molecule has 0 bridgehead atoms. The lowest BCUT2D eigenvalue weighted by Crippen LogP contribution is -2.32. The number of hydrogen-bond acceptors (Lipinski definition) is 3. The number of fused-ring (bicyclic) bond motifs is 1. The van der Waals surface area contributed by atoms with Crippen LogP contribution in [0.3, 0.4) is 0 Å². The predicted molar refractivity (Wildman–Crippen MR) is 62.0 cm³/mol. The van der Waals surface area contributed by atoms with E-state index in [1.165, 1.54) is 5.56 Å². The van der Waals surface area contributed by atoms with Crippen LogP contribution in [0.1, 0.15) is 19.4 Å². The van der Waals surface area contributed by atoms with Crippen LogP contribution in [0.4, 0.5) is 0 Å². The fourth-order valence-electron chi connectivity index (χ4n) is 1.85. The van der Waals surface area contributed by atoms with E-state index in [0.717, 1.165) is 17.9 Å². The van der Waals surface area contributed by atoms with Gasteiger partial charge in [0.05, 0.1) is 6.61 Å². The van der Waals surface area contributed by atoms with Crippen molar-refractivity contribution in [1.82, 2.24) is 0 Å². The topological polar surface area (TPSA) is 38.7 Å². The Labute approximate surface area is 96.0 Å². The molecule has 3 heteroatoms. The quantitative estimate of drug-likeness (QED) is 0.850. The van der Waals surface area contributed by atoms with Crippen molar-refractivity contribution in [2.75, 3.05) is 13.2 Å². The van der Waals surface area contributed by atoms with Crippen molar-refractivity contribution in [2.45, 2.75) is 26.4 Å². The third-order valence-electron chi connectivity index (χ3n) is 2.57. The van der Waals surface area contributed by atoms with E-state index in [1.54, 1.807) is 0 Å². The van der Waals surface area contributed by atoms with Gasteiger partial charge in [-0.3, -0.25) is 0 Å². The van der Waals surface area contributed by atoms with E-state index < -0.39 is 0 Å². The van der Waals surface area contributed by atoms with Crippen LogP contribution in [0, 0.1) is 5.92 Å². The van der Waals surface area contributed by atoms with Crippen molar-refractivity contribution in [3.63, 3.8) is 0 Å². The molecule has 0 radical (unpaired) electrons. The molecule has 0 aliphatic carbocycles. The largest absolute Gasteiger partial charge is 0.486 e. The van der Waals surface area contributed by atoms with Crippen molar-refractivity contribution in [1.29, 1.82) is 0 Å². The first-order valence-corrected chi connectivity index (χ1v) is 5.72. The highest BCUT2D eigenvalue weighted by Crippen LogP contribution is 2.33. The highest BCUT2D eigenvalue weighted by molar-refractivity contribution is 5.44. The van der Waals surface area contributed by atoms with Crippen LogP contribution in [0.15, 0.2) is 18.2 Å². The first kappa shape index (κ1) is 11.3. The van der Waals surface area contributed by atoms with E-state index in [0.29, 0.717) is 12.5 Å². The van der Waals surface area contributed by atoms with Gasteiger partial charge in [-0.05, 0) is 30.0 Å². The summed E-state index contributed by atoms with van der Waals surface area (Å²) < 4.78 is 11.1. The van der Waals surface area contributed by atoms with Crippen molar-refractivity contribution in [3.8, 4) is 11.5 Å². The van der Waals surface area contributed by atoms with Gasteiger partial charge in [-0.1, -0.05) is 19.9 Å². The third-order valence-corrected chi connectivity index (χ3v) is 2.57. The number of aliphatic hydroxyl groups excluding tert-OH is 1. The lowest BCUT2D eigenvalue weighted by molar-refractivity contribution is 0.0455. The summed E-state index contributed by atoms with van der Waals surface area (Å²) in [5, 5.41) is 9.03. The van der Waals surface area contributed by atoms with Crippen molar-refractivity contribution < 1.29 is 14.6 Å². The highest BCUT2D eigenvalue weighted by Gasteiger charge is 2.20. The smallest absolute Gasteiger partial charge is 0.162 e. The Morgan fingerprint density at radius 3 is 2.88 bits per heavy atom. The first-order valence-electron chi connectivity index (χ1n) is 5.72. The molecule has 1 aliphatic rings. The molecule has 0 saturated carbocycles. The maximum atomic E-state index is 9.03. The highest BCUT2D eigenvalue weighted by atomic mass is 16.6. The van der Waals surface area contributed by atoms with Crippen LogP contribution in [-0.4, -0.2) is 24.4 Å². The summed E-state index contributed by atoms with van der Waals surface area (Å²) in [4.78, 5) is 0. The van der Waals surface area contributed by atoms with E-state index in [2.05, 4.69) is 19.9 Å². The van der Waals surface area contributed by atoms with Gasteiger partial charge in [0.25, 0.3) is 0 Å². The molecule has 0 fully saturated rings. The monoisotopic (exact) mass is 222 g/mol. The van der Waals surface area contributed by atoms with Gasteiger partial charge in [0, 0.05) is 0 Å². The van der Waals surface area contributed by atoms with Crippen molar-refractivity contribution in [3.05, 3.63) is 23.8 Å². The summed E-state index contributed by atoms with van der Waals surface area (Å²) in [5.41, 5.74) is 1.25. The number of rotatable bonds is 3. The zero-order valence-corrected chi connectivity index (χ0v) is 9.77. The third kappa shape index (κ3) is 2.47. The summed E-state index contributed by atoms with van der Waals surface area (Å²) in [6.45, 7) is 4.79. The number of aliphatic hydroxyl groups is 1. The number of ether oxygens (including phenoxy) is 2. The molecule has 1 aromatic carbocycles. The van der Waals surface area contributed by atoms with Crippen LogP contribution in [0.25, 0.3) is 0 Å². The summed E-state index contributed by atoms with van der Waals surface area (Å²) in [6, 6.07) is 6.03. The average Bonchev–Trinajstić information content (AvgIpc) is 2.27. The molecule has 0 spiro atoms. The van der Waals surface area contributed by atoms with Gasteiger partial charge >= 0.3 is 0 Å². The van der Waals surface area contributed by atoms with Gasteiger partial charge < -0.3 is 14.6 Å². The maximum Gasteiger partial charge on any atom is 0.162 e. The van der Waals surface area contributed by atoms with Gasteiger partial charge in [0.15, 0.2) is 17.6 Å². The van der Waals surface area contributed by atoms with Gasteiger partial charge in [0.1, 0.15) is 6.61 Å². The molecule has 1 atom stereocenters. The molecule has 88 valence electrons. The SMILES string of the molecule is CC(C)Cc1ccc2c(c1)OC(CO)CO2. The van der Waals surface area contributed by atoms with Gasteiger partial charge in [-0.2, -0.15) is 0 Å². The first-order chi connectivity index (χ1) is 7.69. The molecule has 1 heterocycles. The second-order valence-corrected chi connectivity index (χ2v) is 4.61. The van der Waals surface area contributed by atoms with Crippen LogP contribution in [0.2, 0.25) is 0 Å². The minimum absolute atomic E-state index is 0.00610. The normalized spacial score (nSPS) is 18.9. The summed E-state index contributed by atoms with van der Waals surface area (Å²) >= 11 is 0. The Hall–Kier alpha value is -1.22. The molecule has 1 aromatic rings. The lowest BCUT2D eigenvalue weighted by Gasteiger charge is -2.25. The number of benzene rings is 1. The van der Waals surface area contributed by atoms with Crippen LogP contribution in [-0.2, 0) is 6.42 Å². The fourth-order valence-corrected chi connectivity index (χ4v) is 1.85. The molecule has 0 aromatic heterocycles. The van der Waals surface area contributed by atoms with E-state index in [1.807, 2.05) is 12.1 Å². The molecular formula is C13H18O3. The van der Waals surface area contributed by atoms with Crippen LogP contribution < -0.4 is 9.47 Å². The molecule has 16 heavy (non-hydrogen) atoms. The molecule has 3 nitrogen and oxygen atoms in total. The molecule has 1 aliphatic heterocycles. The van der Waals surface area contributed by atoms with E-state index in [-0.39, 0.29) is 12.7 Å². The molecular weight excluding hydrogens is 204 g/mol. The summed E-state index contributed by atoms with van der Waals surface area (Å²) in [7, 11) is 0. The Morgan fingerprint density at radius 2 is 2.19 bits per heavy atom. The Bertz CT molecular complexity index is 360. The maximum absolute atomic E-state index is 9.03. The van der Waals surface area contributed by atoms with E-state index in [4.69, 9.17) is 14.6 Å². The molecule has 1 unspecified atom stereocenters. The zero-order chi connectivity index (χ0) is 11.5. The van der Waals surface area contributed by atoms with E-state index in [9.17, 15) is 0 Å². The second kappa shape index (κ2) is 4.74. The van der Waals surface area contributed by atoms with Crippen molar-refractivity contribution >= 4 is 0 Å². The Kier molecular flexibility index (Phi) is 3.34. The van der Waals surface area contributed by atoms with Gasteiger partial charge in [-0.25, -0.2) is 0 Å².